The van der Waals surface area contributed by atoms with Crippen molar-refractivity contribution in [3.8, 4) is 0 Å². The number of halogens is 1. The van der Waals surface area contributed by atoms with Gasteiger partial charge in [-0.1, -0.05) is 41.6 Å². The highest BCUT2D eigenvalue weighted by Crippen LogP contribution is 2.29. The van der Waals surface area contributed by atoms with Crippen LogP contribution in [0.5, 0.6) is 0 Å². The molecule has 0 spiro atoms. The standard InChI is InChI=1S/C11H21BrO/c12-8-2-1-3-9-13-10-7-11-5-4-6-11/h11H,1-10H2. The van der Waals surface area contributed by atoms with Gasteiger partial charge in [0.05, 0.1) is 0 Å². The van der Waals surface area contributed by atoms with Gasteiger partial charge in [0.15, 0.2) is 0 Å². The molecule has 0 N–H and O–H groups in total. The predicted octanol–water partition coefficient (Wildman–Crippen LogP) is 3.76. The van der Waals surface area contributed by atoms with Crippen LogP contribution in [0.2, 0.25) is 0 Å². The second kappa shape index (κ2) is 7.81. The van der Waals surface area contributed by atoms with Crippen molar-refractivity contribution in [2.24, 2.45) is 5.92 Å². The maximum atomic E-state index is 5.57. The summed E-state index contributed by atoms with van der Waals surface area (Å²) in [6, 6.07) is 0. The van der Waals surface area contributed by atoms with Crippen LogP contribution in [0.3, 0.4) is 0 Å². The van der Waals surface area contributed by atoms with E-state index < -0.39 is 0 Å². The summed E-state index contributed by atoms with van der Waals surface area (Å²) in [5.74, 6) is 1.00. The fourth-order valence-electron chi connectivity index (χ4n) is 1.61. The Hall–Kier alpha value is 0.440. The lowest BCUT2D eigenvalue weighted by molar-refractivity contribution is 0.104. The van der Waals surface area contributed by atoms with Crippen molar-refractivity contribution in [1.82, 2.24) is 0 Å². The van der Waals surface area contributed by atoms with E-state index in [9.17, 15) is 0 Å². The lowest BCUT2D eigenvalue weighted by Crippen LogP contribution is -2.13. The highest BCUT2D eigenvalue weighted by Gasteiger charge is 2.16. The number of alkyl halides is 1. The van der Waals surface area contributed by atoms with Crippen LogP contribution in [-0.4, -0.2) is 18.5 Å². The average Bonchev–Trinajstić information content (AvgIpc) is 2.07. The summed E-state index contributed by atoms with van der Waals surface area (Å²) in [6.07, 6.45) is 9.48. The molecular weight excluding hydrogens is 228 g/mol. The van der Waals surface area contributed by atoms with Gasteiger partial charge < -0.3 is 4.74 Å². The summed E-state index contributed by atoms with van der Waals surface area (Å²) in [7, 11) is 0. The lowest BCUT2D eigenvalue weighted by atomic mass is 9.83. The second-order valence-corrected chi connectivity index (χ2v) is 4.74. The molecule has 1 fully saturated rings. The van der Waals surface area contributed by atoms with E-state index in [0.717, 1.165) is 24.5 Å². The van der Waals surface area contributed by atoms with E-state index in [2.05, 4.69) is 15.9 Å². The first-order chi connectivity index (χ1) is 6.43. The van der Waals surface area contributed by atoms with Crippen molar-refractivity contribution in [2.75, 3.05) is 18.5 Å². The second-order valence-electron chi connectivity index (χ2n) is 3.95. The molecule has 78 valence electrons. The number of hydrogen-bond acceptors (Lipinski definition) is 1. The fourth-order valence-corrected chi connectivity index (χ4v) is 2.01. The van der Waals surface area contributed by atoms with Crippen molar-refractivity contribution >= 4 is 15.9 Å². The topological polar surface area (TPSA) is 9.23 Å². The van der Waals surface area contributed by atoms with Crippen molar-refractivity contribution in [3.05, 3.63) is 0 Å². The van der Waals surface area contributed by atoms with E-state index in [-0.39, 0.29) is 0 Å². The molecule has 0 radical (unpaired) electrons. The van der Waals surface area contributed by atoms with Gasteiger partial charge in [-0.05, 0) is 25.2 Å². The summed E-state index contributed by atoms with van der Waals surface area (Å²) in [4.78, 5) is 0. The Morgan fingerprint density at radius 2 is 1.92 bits per heavy atom. The van der Waals surface area contributed by atoms with Crippen LogP contribution < -0.4 is 0 Å². The Kier molecular flexibility index (Phi) is 6.92. The van der Waals surface area contributed by atoms with E-state index in [4.69, 9.17) is 4.74 Å². The minimum atomic E-state index is 0.972. The normalized spacial score (nSPS) is 17.3. The number of rotatable bonds is 8. The molecule has 0 aromatic rings. The van der Waals surface area contributed by atoms with E-state index in [1.54, 1.807) is 0 Å². The molecular formula is C11H21BrO. The first-order valence-corrected chi connectivity index (χ1v) is 6.69. The summed E-state index contributed by atoms with van der Waals surface area (Å²) >= 11 is 3.43. The molecule has 1 nitrogen and oxygen atoms in total. The SMILES string of the molecule is BrCCCCCOCCC1CCC1. The zero-order chi connectivity index (χ0) is 9.36. The predicted molar refractivity (Wildman–Crippen MR) is 60.4 cm³/mol. The molecule has 0 bridgehead atoms. The van der Waals surface area contributed by atoms with Gasteiger partial charge in [0, 0.05) is 18.5 Å². The van der Waals surface area contributed by atoms with Crippen molar-refractivity contribution in [3.63, 3.8) is 0 Å². The van der Waals surface area contributed by atoms with Gasteiger partial charge in [0.25, 0.3) is 0 Å². The van der Waals surface area contributed by atoms with Crippen LogP contribution >= 0.6 is 15.9 Å². The summed E-state index contributed by atoms with van der Waals surface area (Å²) in [6.45, 7) is 1.97. The molecule has 2 heteroatoms. The zero-order valence-electron chi connectivity index (χ0n) is 8.43. The molecule has 0 amide bonds. The van der Waals surface area contributed by atoms with Crippen LogP contribution in [0.1, 0.15) is 44.9 Å². The smallest absolute Gasteiger partial charge is 0.0468 e. The van der Waals surface area contributed by atoms with Crippen molar-refractivity contribution < 1.29 is 4.74 Å². The van der Waals surface area contributed by atoms with Crippen LogP contribution in [0, 0.1) is 5.92 Å². The van der Waals surface area contributed by atoms with Gasteiger partial charge >= 0.3 is 0 Å². The molecule has 0 atom stereocenters. The largest absolute Gasteiger partial charge is 0.381 e. The van der Waals surface area contributed by atoms with Gasteiger partial charge in [-0.15, -0.1) is 0 Å². The molecule has 0 heterocycles. The van der Waals surface area contributed by atoms with Crippen molar-refractivity contribution in [2.45, 2.75) is 44.9 Å². The summed E-state index contributed by atoms with van der Waals surface area (Å²) < 4.78 is 5.57. The molecule has 0 aromatic heterocycles. The Balaban J connectivity index is 1.68. The van der Waals surface area contributed by atoms with Crippen LogP contribution in [0.25, 0.3) is 0 Å². The maximum Gasteiger partial charge on any atom is 0.0468 e. The third-order valence-electron chi connectivity index (χ3n) is 2.82. The molecule has 1 rings (SSSR count). The van der Waals surface area contributed by atoms with E-state index in [1.807, 2.05) is 0 Å². The average molecular weight is 249 g/mol. The summed E-state index contributed by atoms with van der Waals surface area (Å²) in [5.41, 5.74) is 0. The number of unbranched alkanes of at least 4 members (excludes halogenated alkanes) is 2. The van der Waals surface area contributed by atoms with Gasteiger partial charge in [0.2, 0.25) is 0 Å². The van der Waals surface area contributed by atoms with Crippen molar-refractivity contribution in [1.29, 1.82) is 0 Å². The molecule has 13 heavy (non-hydrogen) atoms. The lowest BCUT2D eigenvalue weighted by Gasteiger charge is -2.24. The maximum absolute atomic E-state index is 5.57. The Morgan fingerprint density at radius 1 is 1.08 bits per heavy atom. The van der Waals surface area contributed by atoms with E-state index >= 15 is 0 Å². The zero-order valence-corrected chi connectivity index (χ0v) is 10.0. The Bertz CT molecular complexity index is 113. The first kappa shape index (κ1) is 11.5. The highest BCUT2D eigenvalue weighted by molar-refractivity contribution is 9.09. The quantitative estimate of drug-likeness (QED) is 0.470. The molecule has 1 saturated carbocycles. The monoisotopic (exact) mass is 248 g/mol. The third kappa shape index (κ3) is 5.69. The van der Waals surface area contributed by atoms with Crippen LogP contribution in [0.15, 0.2) is 0 Å². The third-order valence-corrected chi connectivity index (χ3v) is 3.38. The van der Waals surface area contributed by atoms with Gasteiger partial charge in [-0.2, -0.15) is 0 Å². The highest BCUT2D eigenvalue weighted by atomic mass is 79.9. The molecule has 0 saturated heterocycles. The van der Waals surface area contributed by atoms with Crippen LogP contribution in [0.4, 0.5) is 0 Å². The fraction of sp³-hybridized carbons (Fsp3) is 1.00. The van der Waals surface area contributed by atoms with Gasteiger partial charge in [-0.3, -0.25) is 0 Å². The van der Waals surface area contributed by atoms with Gasteiger partial charge in [-0.25, -0.2) is 0 Å². The Labute approximate surface area is 90.4 Å². The molecule has 0 aromatic carbocycles. The van der Waals surface area contributed by atoms with E-state index in [0.29, 0.717) is 0 Å². The van der Waals surface area contributed by atoms with Crippen LogP contribution in [-0.2, 0) is 4.74 Å². The minimum Gasteiger partial charge on any atom is -0.381 e. The Morgan fingerprint density at radius 3 is 2.54 bits per heavy atom. The molecule has 0 unspecified atom stereocenters. The molecule has 0 aliphatic heterocycles. The first-order valence-electron chi connectivity index (χ1n) is 5.57. The number of hydrogen-bond donors (Lipinski definition) is 0. The molecule has 1 aliphatic rings. The van der Waals surface area contributed by atoms with Gasteiger partial charge in [0.1, 0.15) is 0 Å². The summed E-state index contributed by atoms with van der Waals surface area (Å²) in [5, 5.41) is 1.13. The van der Waals surface area contributed by atoms with E-state index in [1.165, 1.54) is 44.9 Å². The minimum absolute atomic E-state index is 0.972. The number of ether oxygens (including phenoxy) is 1. The molecule has 1 aliphatic carbocycles.